The number of ether oxygens (including phenoxy) is 1. The lowest BCUT2D eigenvalue weighted by atomic mass is 10.2. The number of hydrogen-bond acceptors (Lipinski definition) is 7. The number of rotatable bonds is 8. The molecular formula is C24H19I2N5O3S. The minimum atomic E-state index is -0.306. The van der Waals surface area contributed by atoms with E-state index in [0.29, 0.717) is 20.1 Å². The number of nitrogens with zero attached hydrogens (tertiary/aromatic N) is 4. The number of thioether (sulfide) groups is 1. The summed E-state index contributed by atoms with van der Waals surface area (Å²) >= 11 is 5.46. The molecule has 0 aliphatic carbocycles. The summed E-state index contributed by atoms with van der Waals surface area (Å²) in [6, 6.07) is 20.9. The summed E-state index contributed by atoms with van der Waals surface area (Å²) in [5, 5.41) is 23.4. The van der Waals surface area contributed by atoms with Gasteiger partial charge in [-0.2, -0.15) is 5.10 Å². The third-order valence-corrected chi connectivity index (χ3v) is 7.15. The number of benzene rings is 3. The van der Waals surface area contributed by atoms with Crippen LogP contribution in [0, 0.1) is 7.14 Å². The van der Waals surface area contributed by atoms with E-state index in [2.05, 4.69) is 43.3 Å². The molecule has 0 saturated heterocycles. The summed E-state index contributed by atoms with van der Waals surface area (Å²) in [4.78, 5) is 12.4. The summed E-state index contributed by atoms with van der Waals surface area (Å²) in [6.45, 7) is 0. The molecule has 0 radical (unpaired) electrons. The molecule has 4 aromatic rings. The van der Waals surface area contributed by atoms with E-state index in [0.717, 1.165) is 20.6 Å². The maximum atomic E-state index is 12.4. The average molecular weight is 711 g/mol. The van der Waals surface area contributed by atoms with Gasteiger partial charge in [0.2, 0.25) is 0 Å². The fourth-order valence-electron chi connectivity index (χ4n) is 3.12. The van der Waals surface area contributed by atoms with Gasteiger partial charge in [0.15, 0.2) is 11.0 Å². The number of hydrazone groups is 1. The average Bonchev–Trinajstić information content (AvgIpc) is 3.30. The molecule has 0 aliphatic rings. The number of aromatic hydroxyl groups is 1. The topological polar surface area (TPSA) is 102 Å². The van der Waals surface area contributed by atoms with Crippen molar-refractivity contribution in [1.82, 2.24) is 20.2 Å². The molecule has 8 nitrogen and oxygen atoms in total. The molecule has 1 aromatic heterocycles. The monoisotopic (exact) mass is 711 g/mol. The first-order valence-electron chi connectivity index (χ1n) is 10.2. The Balaban J connectivity index is 1.50. The van der Waals surface area contributed by atoms with Crippen LogP contribution in [0.3, 0.4) is 0 Å². The van der Waals surface area contributed by atoms with Gasteiger partial charge in [-0.15, -0.1) is 10.2 Å². The van der Waals surface area contributed by atoms with Gasteiger partial charge in [-0.25, -0.2) is 5.43 Å². The Labute approximate surface area is 233 Å². The zero-order valence-corrected chi connectivity index (χ0v) is 23.5. The molecule has 178 valence electrons. The predicted molar refractivity (Wildman–Crippen MR) is 153 cm³/mol. The van der Waals surface area contributed by atoms with E-state index in [1.807, 2.05) is 87.8 Å². The molecule has 0 fully saturated rings. The van der Waals surface area contributed by atoms with E-state index in [4.69, 9.17) is 4.74 Å². The van der Waals surface area contributed by atoms with Crippen LogP contribution >= 0.6 is 56.9 Å². The number of halogens is 2. The molecule has 0 spiro atoms. The highest BCUT2D eigenvalue weighted by molar-refractivity contribution is 14.1. The lowest BCUT2D eigenvalue weighted by molar-refractivity contribution is -0.118. The highest BCUT2D eigenvalue weighted by Gasteiger charge is 2.17. The number of carbonyl (C=O) groups is 1. The lowest BCUT2D eigenvalue weighted by Gasteiger charge is -2.10. The summed E-state index contributed by atoms with van der Waals surface area (Å²) in [5.74, 6) is 1.31. The number of amides is 1. The summed E-state index contributed by atoms with van der Waals surface area (Å²) < 4.78 is 8.84. The van der Waals surface area contributed by atoms with Crippen LogP contribution in [0.1, 0.15) is 5.56 Å². The second-order valence-electron chi connectivity index (χ2n) is 7.11. The number of methoxy groups -OCH3 is 1. The molecule has 0 aliphatic heterocycles. The molecule has 0 bridgehead atoms. The highest BCUT2D eigenvalue weighted by Crippen LogP contribution is 2.29. The van der Waals surface area contributed by atoms with Gasteiger partial charge in [-0.3, -0.25) is 9.36 Å². The van der Waals surface area contributed by atoms with Gasteiger partial charge >= 0.3 is 0 Å². The number of para-hydroxylation sites is 1. The third kappa shape index (κ3) is 6.32. The summed E-state index contributed by atoms with van der Waals surface area (Å²) in [5.41, 5.74) is 4.78. The molecule has 0 atom stereocenters. The summed E-state index contributed by atoms with van der Waals surface area (Å²) in [6.07, 6.45) is 1.43. The number of aromatic nitrogens is 3. The van der Waals surface area contributed by atoms with E-state index >= 15 is 0 Å². The van der Waals surface area contributed by atoms with E-state index in [9.17, 15) is 9.90 Å². The Kier molecular flexibility index (Phi) is 8.62. The minimum Gasteiger partial charge on any atom is -0.506 e. The van der Waals surface area contributed by atoms with E-state index in [1.165, 1.54) is 18.0 Å². The van der Waals surface area contributed by atoms with Crippen molar-refractivity contribution >= 4 is 69.1 Å². The van der Waals surface area contributed by atoms with E-state index in [1.54, 1.807) is 13.2 Å². The molecule has 35 heavy (non-hydrogen) atoms. The number of phenols is 1. The molecule has 0 saturated carbocycles. The van der Waals surface area contributed by atoms with Crippen molar-refractivity contribution in [3.63, 3.8) is 0 Å². The predicted octanol–water partition coefficient (Wildman–Crippen LogP) is 5.10. The smallest absolute Gasteiger partial charge is 0.250 e. The molecule has 1 heterocycles. The van der Waals surface area contributed by atoms with Crippen LogP contribution in [-0.4, -0.2) is 44.9 Å². The van der Waals surface area contributed by atoms with Crippen molar-refractivity contribution in [2.75, 3.05) is 12.9 Å². The van der Waals surface area contributed by atoms with Gasteiger partial charge in [0.1, 0.15) is 11.5 Å². The first kappa shape index (κ1) is 25.4. The van der Waals surface area contributed by atoms with Crippen LogP contribution in [0.4, 0.5) is 0 Å². The molecule has 11 heteroatoms. The Morgan fingerprint density at radius 2 is 1.89 bits per heavy atom. The lowest BCUT2D eigenvalue weighted by Crippen LogP contribution is -2.20. The van der Waals surface area contributed by atoms with Crippen molar-refractivity contribution in [2.45, 2.75) is 5.16 Å². The number of hydrogen-bond donors (Lipinski definition) is 2. The number of carbonyl (C=O) groups excluding carboxylic acids is 1. The van der Waals surface area contributed by atoms with Crippen LogP contribution < -0.4 is 10.2 Å². The second-order valence-corrected chi connectivity index (χ2v) is 10.5. The number of phenolic OH excluding ortho intramolecular Hbond substituents is 1. The first-order chi connectivity index (χ1) is 17.0. The normalized spacial score (nSPS) is 11.1. The van der Waals surface area contributed by atoms with Gasteiger partial charge in [0, 0.05) is 20.4 Å². The van der Waals surface area contributed by atoms with Gasteiger partial charge in [-0.05, 0) is 93.7 Å². The van der Waals surface area contributed by atoms with Crippen molar-refractivity contribution in [3.05, 3.63) is 79.4 Å². The van der Waals surface area contributed by atoms with Crippen molar-refractivity contribution in [1.29, 1.82) is 0 Å². The van der Waals surface area contributed by atoms with Crippen LogP contribution in [0.2, 0.25) is 0 Å². The summed E-state index contributed by atoms with van der Waals surface area (Å²) in [7, 11) is 1.62. The van der Waals surface area contributed by atoms with Gasteiger partial charge < -0.3 is 9.84 Å². The van der Waals surface area contributed by atoms with Crippen LogP contribution in [0.15, 0.2) is 77.0 Å². The van der Waals surface area contributed by atoms with Crippen LogP contribution in [0.5, 0.6) is 11.5 Å². The molecular weight excluding hydrogens is 692 g/mol. The Morgan fingerprint density at radius 1 is 1.14 bits per heavy atom. The molecule has 2 N–H and O–H groups in total. The van der Waals surface area contributed by atoms with E-state index in [-0.39, 0.29) is 17.4 Å². The van der Waals surface area contributed by atoms with Gasteiger partial charge in [0.25, 0.3) is 5.91 Å². The minimum absolute atomic E-state index is 0.0841. The molecule has 1 amide bonds. The highest BCUT2D eigenvalue weighted by atomic mass is 127. The standard InChI is InChI=1S/C24H19I2N5O3S/c1-34-19-9-7-15(8-10-19)23-29-30-24(31(23)18-5-3-2-4-6-18)35-14-21(32)28-27-13-16-11-17(25)12-20(26)22(16)33/h2-13,33H,14H2,1H3,(H,28,32). The van der Waals surface area contributed by atoms with Gasteiger partial charge in [-0.1, -0.05) is 30.0 Å². The maximum absolute atomic E-state index is 12.4. The first-order valence-corrected chi connectivity index (χ1v) is 13.4. The zero-order valence-electron chi connectivity index (χ0n) is 18.4. The fraction of sp³-hybridized carbons (Fsp3) is 0.0833. The van der Waals surface area contributed by atoms with Crippen molar-refractivity contribution in [2.24, 2.45) is 5.10 Å². The van der Waals surface area contributed by atoms with Gasteiger partial charge in [0.05, 0.1) is 22.6 Å². The van der Waals surface area contributed by atoms with Crippen LogP contribution in [-0.2, 0) is 4.79 Å². The largest absolute Gasteiger partial charge is 0.506 e. The van der Waals surface area contributed by atoms with Crippen LogP contribution in [0.25, 0.3) is 17.1 Å². The zero-order chi connectivity index (χ0) is 24.8. The molecule has 3 aromatic carbocycles. The van der Waals surface area contributed by atoms with E-state index < -0.39 is 0 Å². The SMILES string of the molecule is COc1ccc(-c2nnc(SCC(=O)NN=Cc3cc(I)cc(I)c3O)n2-c2ccccc2)cc1. The Hall–Kier alpha value is -2.65. The fourth-order valence-corrected chi connectivity index (χ4v) is 5.75. The molecule has 4 rings (SSSR count). The molecule has 0 unspecified atom stereocenters. The number of nitrogens with one attached hydrogen (secondary N) is 1. The van der Waals surface area contributed by atoms with Crippen molar-refractivity contribution in [3.8, 4) is 28.6 Å². The van der Waals surface area contributed by atoms with Crippen molar-refractivity contribution < 1.29 is 14.6 Å². The second kappa shape index (κ2) is 11.9. The maximum Gasteiger partial charge on any atom is 0.250 e. The Morgan fingerprint density at radius 3 is 2.60 bits per heavy atom. The Bertz CT molecular complexity index is 1360. The third-order valence-electron chi connectivity index (χ3n) is 4.78. The quantitative estimate of drug-likeness (QED) is 0.114.